The van der Waals surface area contributed by atoms with E-state index in [4.69, 9.17) is 0 Å². The molecule has 0 unspecified atom stereocenters. The first-order valence-corrected chi connectivity index (χ1v) is 8.05. The minimum absolute atomic E-state index is 0.120. The highest BCUT2D eigenvalue weighted by atomic mass is 16.2. The number of hydrogen-bond donors (Lipinski definition) is 0. The third kappa shape index (κ3) is 2.15. The van der Waals surface area contributed by atoms with Crippen LogP contribution in [0.3, 0.4) is 0 Å². The predicted octanol–water partition coefficient (Wildman–Crippen LogP) is 4.21. The zero-order valence-electron chi connectivity index (χ0n) is 13.7. The average molecular weight is 304 g/mol. The van der Waals surface area contributed by atoms with Crippen LogP contribution in [0.15, 0.2) is 48.8 Å². The highest BCUT2D eigenvalue weighted by molar-refractivity contribution is 5.95. The van der Waals surface area contributed by atoms with Crippen molar-refractivity contribution in [3.05, 3.63) is 59.9 Å². The number of hydrogen-bond acceptors (Lipinski definition) is 1. The fourth-order valence-electron chi connectivity index (χ4n) is 3.73. The Balaban J connectivity index is 1.80. The second-order valence-electron chi connectivity index (χ2n) is 6.50. The summed E-state index contributed by atoms with van der Waals surface area (Å²) in [6, 6.07) is 13.1. The van der Waals surface area contributed by atoms with Gasteiger partial charge in [0.2, 0.25) is 5.91 Å². The fourth-order valence-corrected chi connectivity index (χ4v) is 3.73. The van der Waals surface area contributed by atoms with Crippen molar-refractivity contribution >= 4 is 17.1 Å². The molecule has 0 saturated carbocycles. The number of aryl methyl sites for hydroxylation is 1. The number of aromatic nitrogens is 1. The van der Waals surface area contributed by atoms with Crippen molar-refractivity contribution in [2.45, 2.75) is 33.2 Å². The molecule has 3 heterocycles. The molecule has 3 heteroatoms. The number of amides is 1. The van der Waals surface area contributed by atoms with Crippen molar-refractivity contribution in [2.75, 3.05) is 4.90 Å². The Hall–Kier alpha value is -2.55. The summed E-state index contributed by atoms with van der Waals surface area (Å²) in [6.45, 7) is 5.88. The number of carbonyl (C=O) groups is 1. The first-order chi connectivity index (χ1) is 11.0. The van der Waals surface area contributed by atoms with Crippen LogP contribution in [0.4, 0.5) is 5.69 Å². The van der Waals surface area contributed by atoms with Gasteiger partial charge in [-0.05, 0) is 61.2 Å². The van der Waals surface area contributed by atoms with Crippen LogP contribution in [0.25, 0.3) is 16.6 Å². The molecule has 0 bridgehead atoms. The van der Waals surface area contributed by atoms with E-state index in [0.29, 0.717) is 0 Å². The molecule has 4 rings (SSSR count). The molecule has 2 aromatic heterocycles. The Morgan fingerprint density at radius 1 is 1.17 bits per heavy atom. The van der Waals surface area contributed by atoms with Crippen molar-refractivity contribution < 1.29 is 4.79 Å². The summed E-state index contributed by atoms with van der Waals surface area (Å²) < 4.78 is 2.17. The van der Waals surface area contributed by atoms with Crippen molar-refractivity contribution in [3.63, 3.8) is 0 Å². The van der Waals surface area contributed by atoms with Crippen molar-refractivity contribution in [2.24, 2.45) is 0 Å². The number of fused-ring (bicyclic) bond motifs is 2. The Bertz CT molecular complexity index is 923. The molecule has 3 nitrogen and oxygen atoms in total. The second kappa shape index (κ2) is 4.98. The molecule has 1 amide bonds. The molecule has 1 aliphatic heterocycles. The summed E-state index contributed by atoms with van der Waals surface area (Å²) in [7, 11) is 0. The van der Waals surface area contributed by atoms with E-state index in [1.165, 1.54) is 27.8 Å². The Labute approximate surface area is 136 Å². The van der Waals surface area contributed by atoms with E-state index in [1.54, 1.807) is 6.92 Å². The van der Waals surface area contributed by atoms with E-state index in [0.717, 1.165) is 12.1 Å². The summed E-state index contributed by atoms with van der Waals surface area (Å²) in [4.78, 5) is 13.8. The topological polar surface area (TPSA) is 24.7 Å². The first kappa shape index (κ1) is 14.1. The lowest BCUT2D eigenvalue weighted by atomic mass is 10.0. The Morgan fingerprint density at radius 2 is 2.00 bits per heavy atom. The van der Waals surface area contributed by atoms with Crippen LogP contribution >= 0.6 is 0 Å². The summed E-state index contributed by atoms with van der Waals surface area (Å²) in [6.07, 6.45) is 5.18. The molecule has 0 N–H and O–H groups in total. The average Bonchev–Trinajstić information content (AvgIpc) is 3.07. The number of anilines is 1. The molecule has 116 valence electrons. The molecule has 23 heavy (non-hydrogen) atoms. The van der Waals surface area contributed by atoms with Gasteiger partial charge in [-0.2, -0.15) is 0 Å². The standard InChI is InChI=1S/C20H20N2O/c1-13-5-4-8-21-12-18(11-20(13)21)16-6-7-19-17(10-16)9-14(2)22(19)15(3)23/h4-8,10-12,14H,9H2,1-3H3/t14-/m0/s1. The number of benzene rings is 1. The van der Waals surface area contributed by atoms with Crippen LogP contribution in [0.5, 0.6) is 0 Å². The fraction of sp³-hybridized carbons (Fsp3) is 0.250. The van der Waals surface area contributed by atoms with Gasteiger partial charge in [0.25, 0.3) is 0 Å². The van der Waals surface area contributed by atoms with E-state index in [2.05, 4.69) is 67.0 Å². The van der Waals surface area contributed by atoms with Gasteiger partial charge in [0.1, 0.15) is 0 Å². The molecule has 0 fully saturated rings. The van der Waals surface area contributed by atoms with E-state index in [9.17, 15) is 4.79 Å². The maximum Gasteiger partial charge on any atom is 0.224 e. The van der Waals surface area contributed by atoms with Gasteiger partial charge >= 0.3 is 0 Å². The summed E-state index contributed by atoms with van der Waals surface area (Å²) >= 11 is 0. The van der Waals surface area contributed by atoms with Crippen LogP contribution in [0, 0.1) is 6.92 Å². The van der Waals surface area contributed by atoms with Crippen LogP contribution < -0.4 is 4.90 Å². The molecule has 0 radical (unpaired) electrons. The maximum atomic E-state index is 11.9. The lowest BCUT2D eigenvalue weighted by Crippen LogP contribution is -2.33. The SMILES string of the molecule is CC(=O)N1c2ccc(-c3cc4c(C)cccn4c3)cc2C[C@@H]1C. The molecule has 0 spiro atoms. The smallest absolute Gasteiger partial charge is 0.224 e. The van der Waals surface area contributed by atoms with E-state index in [1.807, 2.05) is 4.90 Å². The number of nitrogens with zero attached hydrogens (tertiary/aromatic N) is 2. The lowest BCUT2D eigenvalue weighted by Gasteiger charge is -2.20. The monoisotopic (exact) mass is 304 g/mol. The Morgan fingerprint density at radius 3 is 2.74 bits per heavy atom. The summed E-state index contributed by atoms with van der Waals surface area (Å²) in [5.41, 5.74) is 7.27. The minimum Gasteiger partial charge on any atom is -0.323 e. The molecular formula is C20H20N2O. The van der Waals surface area contributed by atoms with Crippen LogP contribution in [-0.2, 0) is 11.2 Å². The highest BCUT2D eigenvalue weighted by Gasteiger charge is 2.28. The van der Waals surface area contributed by atoms with Crippen LogP contribution in [0.2, 0.25) is 0 Å². The maximum absolute atomic E-state index is 11.9. The van der Waals surface area contributed by atoms with Crippen molar-refractivity contribution in [3.8, 4) is 11.1 Å². The number of rotatable bonds is 1. The number of carbonyl (C=O) groups excluding carboxylic acids is 1. The predicted molar refractivity (Wildman–Crippen MR) is 93.9 cm³/mol. The molecular weight excluding hydrogens is 284 g/mol. The van der Waals surface area contributed by atoms with E-state index in [-0.39, 0.29) is 11.9 Å². The third-order valence-corrected chi connectivity index (χ3v) is 4.81. The normalized spacial score (nSPS) is 16.8. The highest BCUT2D eigenvalue weighted by Crippen LogP contribution is 2.36. The quantitative estimate of drug-likeness (QED) is 0.661. The Kier molecular flexibility index (Phi) is 3.05. The van der Waals surface area contributed by atoms with Gasteiger partial charge in [-0.25, -0.2) is 0 Å². The third-order valence-electron chi connectivity index (χ3n) is 4.81. The van der Waals surface area contributed by atoms with Gasteiger partial charge in [-0.15, -0.1) is 0 Å². The van der Waals surface area contributed by atoms with Gasteiger partial charge in [0.05, 0.1) is 0 Å². The number of pyridine rings is 1. The molecule has 0 aliphatic carbocycles. The van der Waals surface area contributed by atoms with E-state index >= 15 is 0 Å². The van der Waals surface area contributed by atoms with Gasteiger partial charge in [-0.1, -0.05) is 12.1 Å². The van der Waals surface area contributed by atoms with Crippen molar-refractivity contribution in [1.82, 2.24) is 4.40 Å². The zero-order chi connectivity index (χ0) is 16.1. The lowest BCUT2D eigenvalue weighted by molar-refractivity contribution is -0.116. The van der Waals surface area contributed by atoms with Gasteiger partial charge in [0, 0.05) is 42.1 Å². The zero-order valence-corrected chi connectivity index (χ0v) is 13.7. The molecule has 1 aliphatic rings. The van der Waals surface area contributed by atoms with Gasteiger partial charge in [0.15, 0.2) is 0 Å². The van der Waals surface area contributed by atoms with Gasteiger partial charge in [-0.3, -0.25) is 4.79 Å². The molecule has 3 aromatic rings. The second-order valence-corrected chi connectivity index (χ2v) is 6.50. The summed E-state index contributed by atoms with van der Waals surface area (Å²) in [5, 5.41) is 0. The minimum atomic E-state index is 0.120. The van der Waals surface area contributed by atoms with Crippen LogP contribution in [0.1, 0.15) is 25.0 Å². The summed E-state index contributed by atoms with van der Waals surface area (Å²) in [5.74, 6) is 0.120. The van der Waals surface area contributed by atoms with Gasteiger partial charge < -0.3 is 9.30 Å². The molecule has 1 atom stereocenters. The molecule has 0 saturated heterocycles. The molecule has 1 aromatic carbocycles. The van der Waals surface area contributed by atoms with E-state index < -0.39 is 0 Å². The van der Waals surface area contributed by atoms with Crippen LogP contribution in [-0.4, -0.2) is 16.3 Å². The van der Waals surface area contributed by atoms with Crippen molar-refractivity contribution in [1.29, 1.82) is 0 Å². The first-order valence-electron chi connectivity index (χ1n) is 8.05. The largest absolute Gasteiger partial charge is 0.323 e.